The number of ether oxygens (including phenoxy) is 1. The smallest absolute Gasteiger partial charge is 0.248 e. The van der Waals surface area contributed by atoms with Gasteiger partial charge >= 0.3 is 0 Å². The number of aromatic nitrogens is 3. The van der Waals surface area contributed by atoms with Crippen LogP contribution in [0.1, 0.15) is 18.4 Å². The fourth-order valence-electron chi connectivity index (χ4n) is 3.33. The molecular weight excluding hydrogens is 304 g/mol. The zero-order valence-electron chi connectivity index (χ0n) is 14.3. The summed E-state index contributed by atoms with van der Waals surface area (Å²) in [7, 11) is 3.48. The van der Waals surface area contributed by atoms with Crippen LogP contribution in [0.3, 0.4) is 0 Å². The number of amides is 1. The van der Waals surface area contributed by atoms with E-state index in [1.165, 1.54) is 5.56 Å². The van der Waals surface area contributed by atoms with E-state index in [9.17, 15) is 4.79 Å². The first kappa shape index (κ1) is 16.6. The van der Waals surface area contributed by atoms with Crippen molar-refractivity contribution < 1.29 is 9.53 Å². The molecule has 1 aliphatic rings. The zero-order valence-corrected chi connectivity index (χ0v) is 14.3. The molecule has 1 atom stereocenters. The number of rotatable bonds is 5. The average molecular weight is 328 g/mol. The van der Waals surface area contributed by atoms with E-state index < -0.39 is 0 Å². The molecule has 0 aliphatic carbocycles. The Morgan fingerprint density at radius 1 is 1.38 bits per heavy atom. The summed E-state index contributed by atoms with van der Waals surface area (Å²) in [6.45, 7) is 1.83. The van der Waals surface area contributed by atoms with E-state index in [1.54, 1.807) is 13.3 Å². The van der Waals surface area contributed by atoms with Crippen molar-refractivity contribution in [3.63, 3.8) is 0 Å². The lowest BCUT2D eigenvalue weighted by molar-refractivity contribution is -0.136. The Labute approximate surface area is 142 Å². The lowest BCUT2D eigenvalue weighted by atomic mass is 9.91. The van der Waals surface area contributed by atoms with E-state index in [4.69, 9.17) is 4.74 Å². The van der Waals surface area contributed by atoms with Gasteiger partial charge in [-0.05, 0) is 42.9 Å². The van der Waals surface area contributed by atoms with Crippen molar-refractivity contribution in [3.8, 4) is 11.4 Å². The van der Waals surface area contributed by atoms with Gasteiger partial charge in [0.2, 0.25) is 5.91 Å². The molecule has 0 aromatic carbocycles. The Bertz CT molecular complexity index is 681. The second kappa shape index (κ2) is 7.57. The van der Waals surface area contributed by atoms with Gasteiger partial charge in [0.25, 0.3) is 0 Å². The number of hydrogen-bond donors (Lipinski definition) is 0. The average Bonchev–Trinajstić information content (AvgIpc) is 3.02. The number of likely N-dealkylation sites (tertiary alicyclic amines) is 1. The Hall–Kier alpha value is -2.21. The van der Waals surface area contributed by atoms with Gasteiger partial charge in [-0.1, -0.05) is 6.07 Å². The first-order valence-corrected chi connectivity index (χ1v) is 8.37. The lowest BCUT2D eigenvalue weighted by Crippen LogP contribution is -2.42. The molecule has 0 bridgehead atoms. The van der Waals surface area contributed by atoms with Crippen LogP contribution in [-0.2, 0) is 23.0 Å². The third-order valence-corrected chi connectivity index (χ3v) is 4.57. The van der Waals surface area contributed by atoms with E-state index in [-0.39, 0.29) is 12.5 Å². The minimum Gasteiger partial charge on any atom is -0.375 e. The van der Waals surface area contributed by atoms with E-state index in [2.05, 4.69) is 16.1 Å². The van der Waals surface area contributed by atoms with Crippen molar-refractivity contribution in [2.24, 2.45) is 13.0 Å². The van der Waals surface area contributed by atoms with E-state index in [0.29, 0.717) is 5.92 Å². The third kappa shape index (κ3) is 3.82. The van der Waals surface area contributed by atoms with Crippen molar-refractivity contribution in [3.05, 3.63) is 36.2 Å². The molecule has 0 spiro atoms. The molecule has 1 saturated heterocycles. The monoisotopic (exact) mass is 328 g/mol. The van der Waals surface area contributed by atoms with Crippen LogP contribution in [0, 0.1) is 5.92 Å². The molecule has 1 fully saturated rings. The van der Waals surface area contributed by atoms with E-state index in [0.717, 1.165) is 43.7 Å². The van der Waals surface area contributed by atoms with Crippen LogP contribution in [-0.4, -0.2) is 52.4 Å². The van der Waals surface area contributed by atoms with Gasteiger partial charge in [-0.3, -0.25) is 14.5 Å². The molecule has 0 saturated carbocycles. The second-order valence-electron chi connectivity index (χ2n) is 6.38. The van der Waals surface area contributed by atoms with Gasteiger partial charge in [-0.15, -0.1) is 0 Å². The molecule has 3 rings (SSSR count). The number of methoxy groups -OCH3 is 1. The van der Waals surface area contributed by atoms with Gasteiger partial charge in [0, 0.05) is 39.6 Å². The minimum atomic E-state index is 0.0897. The number of nitrogens with zero attached hydrogens (tertiary/aromatic N) is 4. The summed E-state index contributed by atoms with van der Waals surface area (Å²) in [5.74, 6) is 0.579. The largest absolute Gasteiger partial charge is 0.375 e. The van der Waals surface area contributed by atoms with Crippen LogP contribution in [0.2, 0.25) is 0 Å². The quantitative estimate of drug-likeness (QED) is 0.841. The van der Waals surface area contributed by atoms with Crippen LogP contribution in [0.5, 0.6) is 0 Å². The maximum Gasteiger partial charge on any atom is 0.248 e. The van der Waals surface area contributed by atoms with Gasteiger partial charge in [0.05, 0.1) is 11.4 Å². The molecular formula is C18H24N4O2. The number of hydrogen-bond acceptors (Lipinski definition) is 4. The Balaban J connectivity index is 1.61. The third-order valence-electron chi connectivity index (χ3n) is 4.57. The van der Waals surface area contributed by atoms with Gasteiger partial charge in [0.1, 0.15) is 6.61 Å². The maximum atomic E-state index is 12.0. The van der Waals surface area contributed by atoms with Crippen LogP contribution < -0.4 is 0 Å². The minimum absolute atomic E-state index is 0.0897. The molecule has 0 N–H and O–H groups in total. The van der Waals surface area contributed by atoms with Crippen LogP contribution in [0.4, 0.5) is 0 Å². The lowest BCUT2D eigenvalue weighted by Gasteiger charge is -2.32. The molecule has 1 unspecified atom stereocenters. The highest BCUT2D eigenvalue weighted by Gasteiger charge is 2.23. The first-order chi connectivity index (χ1) is 11.7. The van der Waals surface area contributed by atoms with Crippen molar-refractivity contribution in [1.29, 1.82) is 0 Å². The molecule has 0 radical (unpaired) electrons. The van der Waals surface area contributed by atoms with Gasteiger partial charge in [0.15, 0.2) is 0 Å². The molecule has 6 heteroatoms. The second-order valence-corrected chi connectivity index (χ2v) is 6.38. The van der Waals surface area contributed by atoms with E-state index in [1.807, 2.05) is 35.0 Å². The summed E-state index contributed by atoms with van der Waals surface area (Å²) in [5.41, 5.74) is 3.15. The van der Waals surface area contributed by atoms with Gasteiger partial charge in [-0.2, -0.15) is 5.10 Å². The van der Waals surface area contributed by atoms with Crippen LogP contribution in [0.15, 0.2) is 30.6 Å². The predicted molar refractivity (Wildman–Crippen MR) is 91.3 cm³/mol. The number of piperidine rings is 1. The van der Waals surface area contributed by atoms with Crippen LogP contribution in [0.25, 0.3) is 11.4 Å². The molecule has 3 heterocycles. The highest BCUT2D eigenvalue weighted by molar-refractivity contribution is 5.77. The maximum absolute atomic E-state index is 12.0. The number of aryl methyl sites for hydroxylation is 1. The number of carbonyl (C=O) groups excluding carboxylic acids is 1. The number of pyridine rings is 1. The molecule has 1 amide bonds. The Kier molecular flexibility index (Phi) is 5.25. The standard InChI is InChI=1S/C18H24N4O2/c1-21-17(7-8-20-21)16-6-5-14(11-19-16)10-15-4-3-9-22(12-15)18(23)13-24-2/h5-8,11,15H,3-4,9-10,12-13H2,1-2H3. The summed E-state index contributed by atoms with van der Waals surface area (Å²) >= 11 is 0. The topological polar surface area (TPSA) is 60.2 Å². The zero-order chi connectivity index (χ0) is 16.9. The van der Waals surface area contributed by atoms with Crippen molar-refractivity contribution in [1.82, 2.24) is 19.7 Å². The first-order valence-electron chi connectivity index (χ1n) is 8.37. The van der Waals surface area contributed by atoms with Gasteiger partial charge in [-0.25, -0.2) is 0 Å². The normalized spacial score (nSPS) is 17.9. The summed E-state index contributed by atoms with van der Waals surface area (Å²) in [6.07, 6.45) is 6.88. The van der Waals surface area contributed by atoms with Crippen molar-refractivity contribution >= 4 is 5.91 Å². The molecule has 6 nitrogen and oxygen atoms in total. The molecule has 2 aromatic heterocycles. The predicted octanol–water partition coefficient (Wildman–Crippen LogP) is 1.91. The highest BCUT2D eigenvalue weighted by Crippen LogP contribution is 2.22. The van der Waals surface area contributed by atoms with Crippen LogP contribution >= 0.6 is 0 Å². The van der Waals surface area contributed by atoms with Gasteiger partial charge < -0.3 is 9.64 Å². The molecule has 128 valence electrons. The fourth-order valence-corrected chi connectivity index (χ4v) is 3.33. The summed E-state index contributed by atoms with van der Waals surface area (Å²) in [6, 6.07) is 6.14. The number of carbonyl (C=O) groups is 1. The molecule has 24 heavy (non-hydrogen) atoms. The summed E-state index contributed by atoms with van der Waals surface area (Å²) < 4.78 is 6.78. The van der Waals surface area contributed by atoms with E-state index >= 15 is 0 Å². The Morgan fingerprint density at radius 3 is 2.92 bits per heavy atom. The summed E-state index contributed by atoms with van der Waals surface area (Å²) in [4.78, 5) is 18.5. The van der Waals surface area contributed by atoms with Crippen molar-refractivity contribution in [2.45, 2.75) is 19.3 Å². The fraction of sp³-hybridized carbons (Fsp3) is 0.500. The SMILES string of the molecule is COCC(=O)N1CCCC(Cc2ccc(-c3ccnn3C)nc2)C1. The molecule has 2 aromatic rings. The summed E-state index contributed by atoms with van der Waals surface area (Å²) in [5, 5.41) is 4.18. The Morgan fingerprint density at radius 2 is 2.25 bits per heavy atom. The molecule has 1 aliphatic heterocycles. The highest BCUT2D eigenvalue weighted by atomic mass is 16.5. The van der Waals surface area contributed by atoms with Crippen molar-refractivity contribution in [2.75, 3.05) is 26.8 Å².